The van der Waals surface area contributed by atoms with Gasteiger partial charge in [-0.1, -0.05) is 28.1 Å². The van der Waals surface area contributed by atoms with Crippen molar-refractivity contribution in [2.45, 2.75) is 19.4 Å². The van der Waals surface area contributed by atoms with Crippen LogP contribution in [0.4, 0.5) is 0 Å². The fourth-order valence-corrected chi connectivity index (χ4v) is 1.98. The molecule has 0 spiro atoms. The summed E-state index contributed by atoms with van der Waals surface area (Å²) in [5.41, 5.74) is 6.68. The number of nitrogens with two attached hydrogens (primary N) is 1. The molecule has 5 nitrogen and oxygen atoms in total. The summed E-state index contributed by atoms with van der Waals surface area (Å²) in [6, 6.07) is 8.23. The van der Waals surface area contributed by atoms with Gasteiger partial charge in [0.05, 0.1) is 6.54 Å². The lowest BCUT2D eigenvalue weighted by atomic mass is 10.1. The number of rotatable bonds is 5. The number of nitrogens with zero attached hydrogens (tertiary/aromatic N) is 4. The summed E-state index contributed by atoms with van der Waals surface area (Å²) < 4.78 is 1.09. The normalized spacial score (nSPS) is 10.7. The minimum atomic E-state index is 0.529. The van der Waals surface area contributed by atoms with E-state index in [1.165, 1.54) is 10.4 Å². The summed E-state index contributed by atoms with van der Waals surface area (Å²) in [7, 11) is 0. The smallest absolute Gasteiger partial charge is 0.175 e. The zero-order valence-electron chi connectivity index (χ0n) is 9.38. The molecular formula is C11H14BrN5. The maximum Gasteiger partial charge on any atom is 0.175 e. The van der Waals surface area contributed by atoms with Crippen molar-refractivity contribution >= 4 is 15.9 Å². The highest BCUT2D eigenvalue weighted by Gasteiger charge is 2.03. The van der Waals surface area contributed by atoms with Crippen LogP contribution in [0.15, 0.2) is 28.7 Å². The number of hydrogen-bond acceptors (Lipinski definition) is 4. The Bertz CT molecular complexity index is 482. The van der Waals surface area contributed by atoms with E-state index in [0.717, 1.165) is 23.1 Å². The van der Waals surface area contributed by atoms with Gasteiger partial charge in [0.2, 0.25) is 0 Å². The maximum absolute atomic E-state index is 5.42. The van der Waals surface area contributed by atoms with Crippen LogP contribution in [0.25, 0.3) is 0 Å². The van der Waals surface area contributed by atoms with Crippen LogP contribution in [0.1, 0.15) is 11.4 Å². The van der Waals surface area contributed by atoms with Gasteiger partial charge in [0.15, 0.2) is 5.82 Å². The first kappa shape index (κ1) is 12.2. The molecule has 90 valence electrons. The summed E-state index contributed by atoms with van der Waals surface area (Å²) >= 11 is 3.45. The lowest BCUT2D eigenvalue weighted by Gasteiger charge is -1.98. The van der Waals surface area contributed by atoms with Gasteiger partial charge in [-0.3, -0.25) is 0 Å². The molecule has 0 atom stereocenters. The van der Waals surface area contributed by atoms with E-state index < -0.39 is 0 Å². The second kappa shape index (κ2) is 5.88. The number of halogens is 1. The summed E-state index contributed by atoms with van der Waals surface area (Å²) in [4.78, 5) is 1.54. The Morgan fingerprint density at radius 3 is 2.94 bits per heavy atom. The SMILES string of the molecule is NCCn1nnc(CCc2cccc(Br)c2)n1. The third-order valence-corrected chi connectivity index (χ3v) is 2.84. The molecule has 0 fully saturated rings. The van der Waals surface area contributed by atoms with Crippen molar-refractivity contribution in [2.75, 3.05) is 6.54 Å². The van der Waals surface area contributed by atoms with Crippen LogP contribution in [0.5, 0.6) is 0 Å². The van der Waals surface area contributed by atoms with Crippen molar-refractivity contribution in [3.8, 4) is 0 Å². The molecule has 1 heterocycles. The first-order valence-electron chi connectivity index (χ1n) is 5.49. The lowest BCUT2D eigenvalue weighted by Crippen LogP contribution is -2.12. The van der Waals surface area contributed by atoms with Crippen LogP contribution in [0.2, 0.25) is 0 Å². The van der Waals surface area contributed by atoms with E-state index in [2.05, 4.69) is 43.5 Å². The van der Waals surface area contributed by atoms with Crippen molar-refractivity contribution in [1.29, 1.82) is 0 Å². The highest BCUT2D eigenvalue weighted by Crippen LogP contribution is 2.12. The monoisotopic (exact) mass is 295 g/mol. The average Bonchev–Trinajstić information content (AvgIpc) is 2.75. The highest BCUT2D eigenvalue weighted by atomic mass is 79.9. The van der Waals surface area contributed by atoms with E-state index in [4.69, 9.17) is 5.73 Å². The number of aromatic nitrogens is 4. The largest absolute Gasteiger partial charge is 0.329 e. The molecular weight excluding hydrogens is 282 g/mol. The zero-order chi connectivity index (χ0) is 12.1. The molecule has 0 aliphatic carbocycles. The number of aryl methyl sites for hydroxylation is 2. The first-order chi connectivity index (χ1) is 8.28. The van der Waals surface area contributed by atoms with Gasteiger partial charge in [-0.05, 0) is 29.3 Å². The minimum absolute atomic E-state index is 0.529. The van der Waals surface area contributed by atoms with Crippen molar-refractivity contribution in [3.05, 3.63) is 40.1 Å². The van der Waals surface area contributed by atoms with Gasteiger partial charge in [0, 0.05) is 17.4 Å². The molecule has 2 rings (SSSR count). The molecule has 0 aliphatic heterocycles. The van der Waals surface area contributed by atoms with E-state index in [0.29, 0.717) is 13.1 Å². The maximum atomic E-state index is 5.42. The fraction of sp³-hybridized carbons (Fsp3) is 0.364. The summed E-state index contributed by atoms with van der Waals surface area (Å²) in [6.07, 6.45) is 1.70. The Kier molecular flexibility index (Phi) is 4.22. The van der Waals surface area contributed by atoms with Gasteiger partial charge in [0.1, 0.15) is 0 Å². The Balaban J connectivity index is 1.93. The number of tetrazole rings is 1. The quantitative estimate of drug-likeness (QED) is 0.899. The predicted molar refractivity (Wildman–Crippen MR) is 68.4 cm³/mol. The topological polar surface area (TPSA) is 69.6 Å². The molecule has 17 heavy (non-hydrogen) atoms. The Labute approximate surface area is 108 Å². The summed E-state index contributed by atoms with van der Waals surface area (Å²) in [5.74, 6) is 0.762. The minimum Gasteiger partial charge on any atom is -0.329 e. The van der Waals surface area contributed by atoms with Crippen LogP contribution < -0.4 is 5.73 Å². The Morgan fingerprint density at radius 2 is 2.18 bits per heavy atom. The highest BCUT2D eigenvalue weighted by molar-refractivity contribution is 9.10. The lowest BCUT2D eigenvalue weighted by molar-refractivity contribution is 0.528. The zero-order valence-corrected chi connectivity index (χ0v) is 11.0. The number of benzene rings is 1. The second-order valence-electron chi connectivity index (χ2n) is 3.72. The van der Waals surface area contributed by atoms with Crippen molar-refractivity contribution < 1.29 is 0 Å². The molecule has 2 aromatic rings. The second-order valence-corrected chi connectivity index (χ2v) is 4.64. The molecule has 0 amide bonds. The van der Waals surface area contributed by atoms with Gasteiger partial charge < -0.3 is 5.73 Å². The van der Waals surface area contributed by atoms with E-state index >= 15 is 0 Å². The molecule has 6 heteroatoms. The summed E-state index contributed by atoms with van der Waals surface area (Å²) in [5, 5.41) is 12.1. The van der Waals surface area contributed by atoms with Crippen molar-refractivity contribution in [1.82, 2.24) is 20.2 Å². The van der Waals surface area contributed by atoms with Gasteiger partial charge in [-0.2, -0.15) is 4.80 Å². The third-order valence-electron chi connectivity index (χ3n) is 2.35. The van der Waals surface area contributed by atoms with Crippen LogP contribution >= 0.6 is 15.9 Å². The van der Waals surface area contributed by atoms with Gasteiger partial charge >= 0.3 is 0 Å². The van der Waals surface area contributed by atoms with Crippen molar-refractivity contribution in [3.63, 3.8) is 0 Å². The van der Waals surface area contributed by atoms with Crippen LogP contribution in [-0.2, 0) is 19.4 Å². The van der Waals surface area contributed by atoms with E-state index in [1.807, 2.05) is 12.1 Å². The number of hydrogen-bond donors (Lipinski definition) is 1. The Morgan fingerprint density at radius 1 is 1.29 bits per heavy atom. The fourth-order valence-electron chi connectivity index (χ4n) is 1.54. The summed E-state index contributed by atoms with van der Waals surface area (Å²) in [6.45, 7) is 1.14. The molecule has 0 radical (unpaired) electrons. The molecule has 0 aliphatic rings. The van der Waals surface area contributed by atoms with E-state index in [9.17, 15) is 0 Å². The first-order valence-corrected chi connectivity index (χ1v) is 6.28. The molecule has 2 N–H and O–H groups in total. The van der Waals surface area contributed by atoms with Gasteiger partial charge in [-0.15, -0.1) is 10.2 Å². The van der Waals surface area contributed by atoms with Crippen LogP contribution in [-0.4, -0.2) is 26.8 Å². The molecule has 1 aromatic carbocycles. The molecule has 0 saturated carbocycles. The van der Waals surface area contributed by atoms with Gasteiger partial charge in [-0.25, -0.2) is 0 Å². The third kappa shape index (κ3) is 3.61. The van der Waals surface area contributed by atoms with Crippen LogP contribution in [0, 0.1) is 0 Å². The molecule has 0 saturated heterocycles. The van der Waals surface area contributed by atoms with Crippen molar-refractivity contribution in [2.24, 2.45) is 5.73 Å². The van der Waals surface area contributed by atoms with E-state index in [-0.39, 0.29) is 0 Å². The van der Waals surface area contributed by atoms with Crippen LogP contribution in [0.3, 0.4) is 0 Å². The molecule has 1 aromatic heterocycles. The molecule has 0 bridgehead atoms. The Hall–Kier alpha value is -1.27. The van der Waals surface area contributed by atoms with Gasteiger partial charge in [0.25, 0.3) is 0 Å². The average molecular weight is 296 g/mol. The molecule has 0 unspecified atom stereocenters. The van der Waals surface area contributed by atoms with E-state index in [1.54, 1.807) is 0 Å². The standard InChI is InChI=1S/C11H14BrN5/c12-10-3-1-2-9(8-10)4-5-11-14-16-17(15-11)7-6-13/h1-3,8H,4-7,13H2. The predicted octanol–water partition coefficient (Wildman–Crippen LogP) is 1.18.